The van der Waals surface area contributed by atoms with Crippen molar-refractivity contribution in [1.82, 2.24) is 5.32 Å². The fourth-order valence-electron chi connectivity index (χ4n) is 1.51. The molecule has 17 heavy (non-hydrogen) atoms. The molecule has 1 aromatic rings. The van der Waals surface area contributed by atoms with Crippen LogP contribution >= 0.6 is 0 Å². The molecule has 1 amide bonds. The van der Waals surface area contributed by atoms with Crippen molar-refractivity contribution in [3.8, 4) is 0 Å². The molecule has 0 radical (unpaired) electrons. The number of benzene rings is 1. The highest BCUT2D eigenvalue weighted by Crippen LogP contribution is 2.13. The summed E-state index contributed by atoms with van der Waals surface area (Å²) in [5.41, 5.74) is 1.30. The van der Waals surface area contributed by atoms with Crippen LogP contribution in [0.4, 0.5) is 10.1 Å². The molecular weight excluding hydrogens is 219 g/mol. The van der Waals surface area contributed by atoms with E-state index in [1.165, 1.54) is 12.1 Å². The van der Waals surface area contributed by atoms with Crippen LogP contribution in [0.2, 0.25) is 0 Å². The SMILES string of the molecule is Cc1cc(F)cc(NC(=O)CCNC(C)C)c1. The van der Waals surface area contributed by atoms with E-state index in [4.69, 9.17) is 0 Å². The van der Waals surface area contributed by atoms with Crippen LogP contribution in [0, 0.1) is 12.7 Å². The quantitative estimate of drug-likeness (QED) is 0.827. The van der Waals surface area contributed by atoms with Gasteiger partial charge in [-0.25, -0.2) is 4.39 Å². The number of hydrogen-bond donors (Lipinski definition) is 2. The van der Waals surface area contributed by atoms with Crippen LogP contribution in [0.3, 0.4) is 0 Å². The molecule has 0 unspecified atom stereocenters. The Morgan fingerprint density at radius 3 is 2.65 bits per heavy atom. The fourth-order valence-corrected chi connectivity index (χ4v) is 1.51. The van der Waals surface area contributed by atoms with Crippen molar-refractivity contribution in [2.24, 2.45) is 0 Å². The molecular formula is C13H19FN2O. The van der Waals surface area contributed by atoms with Crippen LogP contribution < -0.4 is 10.6 Å². The molecule has 0 saturated heterocycles. The van der Waals surface area contributed by atoms with Gasteiger partial charge in [0.15, 0.2) is 0 Å². The van der Waals surface area contributed by atoms with Gasteiger partial charge in [-0.1, -0.05) is 13.8 Å². The van der Waals surface area contributed by atoms with Crippen LogP contribution in [0.5, 0.6) is 0 Å². The molecule has 0 aliphatic carbocycles. The number of anilines is 1. The standard InChI is InChI=1S/C13H19FN2O/c1-9(2)15-5-4-13(17)16-12-7-10(3)6-11(14)8-12/h6-9,15H,4-5H2,1-3H3,(H,16,17). The highest BCUT2D eigenvalue weighted by atomic mass is 19.1. The maximum absolute atomic E-state index is 13.1. The number of halogens is 1. The summed E-state index contributed by atoms with van der Waals surface area (Å²) in [5, 5.41) is 5.83. The summed E-state index contributed by atoms with van der Waals surface area (Å²) >= 11 is 0. The second-order valence-electron chi connectivity index (χ2n) is 4.42. The van der Waals surface area contributed by atoms with E-state index in [0.29, 0.717) is 24.7 Å². The summed E-state index contributed by atoms with van der Waals surface area (Å²) < 4.78 is 13.1. The Balaban J connectivity index is 2.45. The number of carbonyl (C=O) groups is 1. The first-order valence-electron chi connectivity index (χ1n) is 5.78. The zero-order valence-corrected chi connectivity index (χ0v) is 10.5. The molecule has 0 spiro atoms. The number of nitrogens with one attached hydrogen (secondary N) is 2. The van der Waals surface area contributed by atoms with Crippen molar-refractivity contribution in [2.45, 2.75) is 33.2 Å². The summed E-state index contributed by atoms with van der Waals surface area (Å²) in [4.78, 5) is 11.5. The number of hydrogen-bond acceptors (Lipinski definition) is 2. The van der Waals surface area contributed by atoms with Crippen molar-refractivity contribution >= 4 is 11.6 Å². The molecule has 3 nitrogen and oxygen atoms in total. The lowest BCUT2D eigenvalue weighted by molar-refractivity contribution is -0.116. The van der Waals surface area contributed by atoms with Crippen molar-refractivity contribution in [2.75, 3.05) is 11.9 Å². The normalized spacial score (nSPS) is 10.6. The first kappa shape index (κ1) is 13.6. The smallest absolute Gasteiger partial charge is 0.225 e. The van der Waals surface area contributed by atoms with Gasteiger partial charge in [0.05, 0.1) is 0 Å². The minimum Gasteiger partial charge on any atom is -0.326 e. The number of carbonyl (C=O) groups excluding carboxylic acids is 1. The first-order chi connectivity index (χ1) is 7.97. The van der Waals surface area contributed by atoms with Crippen molar-refractivity contribution < 1.29 is 9.18 Å². The predicted molar refractivity (Wildman–Crippen MR) is 67.5 cm³/mol. The van der Waals surface area contributed by atoms with E-state index >= 15 is 0 Å². The van der Waals surface area contributed by atoms with Crippen LogP contribution in [0.25, 0.3) is 0 Å². The summed E-state index contributed by atoms with van der Waals surface area (Å²) in [6, 6.07) is 4.85. The topological polar surface area (TPSA) is 41.1 Å². The summed E-state index contributed by atoms with van der Waals surface area (Å²) in [7, 11) is 0. The van der Waals surface area contributed by atoms with Crippen LogP contribution in [-0.4, -0.2) is 18.5 Å². The average Bonchev–Trinajstić information content (AvgIpc) is 2.14. The molecule has 2 N–H and O–H groups in total. The van der Waals surface area contributed by atoms with Gasteiger partial charge < -0.3 is 10.6 Å². The largest absolute Gasteiger partial charge is 0.326 e. The third kappa shape index (κ3) is 5.45. The van der Waals surface area contributed by atoms with E-state index in [-0.39, 0.29) is 11.7 Å². The first-order valence-corrected chi connectivity index (χ1v) is 5.78. The van der Waals surface area contributed by atoms with E-state index in [9.17, 15) is 9.18 Å². The van der Waals surface area contributed by atoms with Gasteiger partial charge in [0.1, 0.15) is 5.82 Å². The van der Waals surface area contributed by atoms with Gasteiger partial charge in [0.25, 0.3) is 0 Å². The summed E-state index contributed by atoms with van der Waals surface area (Å²) in [5.74, 6) is -0.441. The van der Waals surface area contributed by atoms with Gasteiger partial charge in [0.2, 0.25) is 5.91 Å². The molecule has 0 atom stereocenters. The monoisotopic (exact) mass is 238 g/mol. The molecule has 1 aromatic carbocycles. The highest BCUT2D eigenvalue weighted by molar-refractivity contribution is 5.90. The lowest BCUT2D eigenvalue weighted by atomic mass is 10.2. The van der Waals surface area contributed by atoms with Crippen molar-refractivity contribution in [1.29, 1.82) is 0 Å². The molecule has 4 heteroatoms. The number of amides is 1. The molecule has 0 saturated carbocycles. The highest BCUT2D eigenvalue weighted by Gasteiger charge is 2.04. The molecule has 0 heterocycles. The zero-order valence-electron chi connectivity index (χ0n) is 10.5. The van der Waals surface area contributed by atoms with Gasteiger partial charge in [-0.05, 0) is 30.7 Å². The molecule has 1 rings (SSSR count). The Hall–Kier alpha value is -1.42. The Labute approximate surface area is 101 Å². The minimum atomic E-state index is -0.333. The van der Waals surface area contributed by atoms with Crippen LogP contribution in [0.15, 0.2) is 18.2 Å². The minimum absolute atomic E-state index is 0.108. The van der Waals surface area contributed by atoms with Gasteiger partial charge >= 0.3 is 0 Å². The molecule has 0 aliphatic rings. The van der Waals surface area contributed by atoms with Gasteiger partial charge in [0, 0.05) is 24.7 Å². The molecule has 94 valence electrons. The predicted octanol–water partition coefficient (Wildman–Crippen LogP) is 2.46. The van der Waals surface area contributed by atoms with E-state index < -0.39 is 0 Å². The lowest BCUT2D eigenvalue weighted by Gasteiger charge is -2.09. The van der Waals surface area contributed by atoms with Crippen molar-refractivity contribution in [3.05, 3.63) is 29.6 Å². The number of rotatable bonds is 5. The number of aryl methyl sites for hydroxylation is 1. The average molecular weight is 238 g/mol. The lowest BCUT2D eigenvalue weighted by Crippen LogP contribution is -2.27. The van der Waals surface area contributed by atoms with Crippen molar-refractivity contribution in [3.63, 3.8) is 0 Å². The van der Waals surface area contributed by atoms with E-state index in [1.54, 1.807) is 13.0 Å². The summed E-state index contributed by atoms with van der Waals surface area (Å²) in [6.45, 7) is 6.46. The molecule has 0 aromatic heterocycles. The fraction of sp³-hybridized carbons (Fsp3) is 0.462. The second-order valence-corrected chi connectivity index (χ2v) is 4.42. The van der Waals surface area contributed by atoms with Gasteiger partial charge in [-0.2, -0.15) is 0 Å². The van der Waals surface area contributed by atoms with E-state index in [2.05, 4.69) is 10.6 Å². The summed E-state index contributed by atoms with van der Waals surface area (Å²) in [6.07, 6.45) is 0.383. The van der Waals surface area contributed by atoms with E-state index in [0.717, 1.165) is 5.56 Å². The molecule has 0 bridgehead atoms. The second kappa shape index (κ2) is 6.35. The van der Waals surface area contributed by atoms with Gasteiger partial charge in [-0.3, -0.25) is 4.79 Å². The van der Waals surface area contributed by atoms with Gasteiger partial charge in [-0.15, -0.1) is 0 Å². The third-order valence-electron chi connectivity index (χ3n) is 2.23. The maximum atomic E-state index is 13.1. The van der Waals surface area contributed by atoms with E-state index in [1.807, 2.05) is 13.8 Å². The Kier molecular flexibility index (Phi) is 5.10. The Bertz CT molecular complexity index is 371. The van der Waals surface area contributed by atoms with Crippen LogP contribution in [-0.2, 0) is 4.79 Å². The van der Waals surface area contributed by atoms with Crippen LogP contribution in [0.1, 0.15) is 25.8 Å². The Morgan fingerprint density at radius 2 is 2.06 bits per heavy atom. The third-order valence-corrected chi connectivity index (χ3v) is 2.23. The molecule has 0 aliphatic heterocycles. The zero-order chi connectivity index (χ0) is 12.8. The molecule has 0 fully saturated rings. The Morgan fingerprint density at radius 1 is 1.35 bits per heavy atom. The maximum Gasteiger partial charge on any atom is 0.225 e.